The van der Waals surface area contributed by atoms with Gasteiger partial charge in [0.15, 0.2) is 0 Å². The molecule has 3 aliphatic rings. The molecule has 0 aromatic rings. The summed E-state index contributed by atoms with van der Waals surface area (Å²) in [5.41, 5.74) is 0.125. The zero-order valence-electron chi connectivity index (χ0n) is 12.7. The van der Waals surface area contributed by atoms with Gasteiger partial charge in [-0.1, -0.05) is 25.7 Å². The molecule has 0 radical (unpaired) electrons. The normalized spacial score (nSPS) is 27.1. The molecule has 0 N–H and O–H groups in total. The first-order valence-corrected chi connectivity index (χ1v) is 8.69. The lowest BCUT2D eigenvalue weighted by molar-refractivity contribution is -0.143. The van der Waals surface area contributed by atoms with Crippen LogP contribution < -0.4 is 0 Å². The van der Waals surface area contributed by atoms with Crippen molar-refractivity contribution in [1.82, 2.24) is 4.90 Å². The van der Waals surface area contributed by atoms with E-state index in [9.17, 15) is 4.79 Å². The number of carbonyl (C=O) groups is 1. The second kappa shape index (κ2) is 6.46. The highest BCUT2D eigenvalue weighted by molar-refractivity contribution is 5.76. The van der Waals surface area contributed by atoms with E-state index < -0.39 is 0 Å². The Balaban J connectivity index is 1.41. The first-order chi connectivity index (χ1) is 9.77. The van der Waals surface area contributed by atoms with Crippen molar-refractivity contribution in [3.05, 3.63) is 0 Å². The fraction of sp³-hybridized carbons (Fsp3) is 0.941. The summed E-state index contributed by atoms with van der Waals surface area (Å²) in [6, 6.07) is 0. The van der Waals surface area contributed by atoms with Gasteiger partial charge in [0.2, 0.25) is 5.91 Å². The van der Waals surface area contributed by atoms with E-state index in [1.165, 1.54) is 44.9 Å². The van der Waals surface area contributed by atoms with Crippen molar-refractivity contribution in [2.45, 2.75) is 76.2 Å². The molecule has 20 heavy (non-hydrogen) atoms. The van der Waals surface area contributed by atoms with Gasteiger partial charge in [-0.05, 0) is 44.4 Å². The van der Waals surface area contributed by atoms with E-state index >= 15 is 0 Å². The molecule has 1 spiro atoms. The van der Waals surface area contributed by atoms with Crippen LogP contribution in [0.3, 0.4) is 0 Å². The monoisotopic (exact) mass is 279 g/mol. The third-order valence-electron chi connectivity index (χ3n) is 5.70. The van der Waals surface area contributed by atoms with E-state index in [4.69, 9.17) is 4.74 Å². The molecule has 3 fully saturated rings. The summed E-state index contributed by atoms with van der Waals surface area (Å²) < 4.78 is 6.04. The summed E-state index contributed by atoms with van der Waals surface area (Å²) in [4.78, 5) is 14.4. The predicted molar refractivity (Wildman–Crippen MR) is 79.5 cm³/mol. The number of hydrogen-bond donors (Lipinski definition) is 0. The van der Waals surface area contributed by atoms with Gasteiger partial charge in [0.25, 0.3) is 0 Å². The molecule has 0 aromatic carbocycles. The summed E-state index contributed by atoms with van der Waals surface area (Å²) >= 11 is 0. The Labute approximate surface area is 123 Å². The van der Waals surface area contributed by atoms with Gasteiger partial charge in [0.05, 0.1) is 5.60 Å². The topological polar surface area (TPSA) is 29.5 Å². The van der Waals surface area contributed by atoms with Crippen LogP contribution >= 0.6 is 0 Å². The van der Waals surface area contributed by atoms with Crippen LogP contribution in [0.15, 0.2) is 0 Å². The average molecular weight is 279 g/mol. The van der Waals surface area contributed by atoms with Crippen LogP contribution in [0.4, 0.5) is 0 Å². The SMILES string of the molecule is O=C(CCC1CCCC1)N1CCC2(CCCCO2)CC1. The molecule has 1 aliphatic carbocycles. The van der Waals surface area contributed by atoms with E-state index in [1.807, 2.05) is 0 Å². The lowest BCUT2D eigenvalue weighted by Gasteiger charge is -2.44. The fourth-order valence-electron chi connectivity index (χ4n) is 4.25. The number of carbonyl (C=O) groups excluding carboxylic acids is 1. The van der Waals surface area contributed by atoms with Crippen LogP contribution in [0.1, 0.15) is 70.6 Å². The second-order valence-corrected chi connectivity index (χ2v) is 7.06. The number of nitrogens with zero attached hydrogens (tertiary/aromatic N) is 1. The zero-order valence-corrected chi connectivity index (χ0v) is 12.7. The minimum Gasteiger partial charge on any atom is -0.375 e. The summed E-state index contributed by atoms with van der Waals surface area (Å²) in [6.07, 6.45) is 13.2. The van der Waals surface area contributed by atoms with Gasteiger partial charge in [-0.15, -0.1) is 0 Å². The molecule has 3 rings (SSSR count). The van der Waals surface area contributed by atoms with Crippen molar-refractivity contribution in [3.8, 4) is 0 Å². The van der Waals surface area contributed by atoms with Crippen LogP contribution in [0, 0.1) is 5.92 Å². The largest absolute Gasteiger partial charge is 0.375 e. The molecule has 2 heterocycles. The number of hydrogen-bond acceptors (Lipinski definition) is 2. The Morgan fingerprint density at radius 2 is 1.80 bits per heavy atom. The van der Waals surface area contributed by atoms with Gasteiger partial charge in [0, 0.05) is 26.1 Å². The van der Waals surface area contributed by atoms with Gasteiger partial charge in [0.1, 0.15) is 0 Å². The van der Waals surface area contributed by atoms with Gasteiger partial charge < -0.3 is 9.64 Å². The Morgan fingerprint density at radius 3 is 2.45 bits per heavy atom. The van der Waals surface area contributed by atoms with Crippen molar-refractivity contribution >= 4 is 5.91 Å². The fourth-order valence-corrected chi connectivity index (χ4v) is 4.25. The molecule has 2 aliphatic heterocycles. The smallest absolute Gasteiger partial charge is 0.222 e. The molecule has 2 saturated heterocycles. The third kappa shape index (κ3) is 3.36. The average Bonchev–Trinajstić information content (AvgIpc) is 3.00. The lowest BCUT2D eigenvalue weighted by atomic mass is 9.84. The molecule has 3 heteroatoms. The summed E-state index contributed by atoms with van der Waals surface area (Å²) in [5.74, 6) is 1.22. The van der Waals surface area contributed by atoms with Gasteiger partial charge in [-0.3, -0.25) is 4.79 Å². The van der Waals surface area contributed by atoms with E-state index in [2.05, 4.69) is 4.90 Å². The van der Waals surface area contributed by atoms with Crippen molar-refractivity contribution in [3.63, 3.8) is 0 Å². The lowest BCUT2D eigenvalue weighted by Crippen LogP contribution is -2.49. The maximum absolute atomic E-state index is 12.3. The standard InChI is InChI=1S/C17H29NO2/c19-16(8-7-15-5-1-2-6-15)18-12-10-17(11-13-18)9-3-4-14-20-17/h15H,1-14H2. The molecule has 0 unspecified atom stereocenters. The number of rotatable bonds is 3. The quantitative estimate of drug-likeness (QED) is 0.791. The van der Waals surface area contributed by atoms with Crippen molar-refractivity contribution in [2.24, 2.45) is 5.92 Å². The number of ether oxygens (including phenoxy) is 1. The maximum Gasteiger partial charge on any atom is 0.222 e. The molecule has 0 atom stereocenters. The Morgan fingerprint density at radius 1 is 1.05 bits per heavy atom. The van der Waals surface area contributed by atoms with Crippen LogP contribution in [-0.4, -0.2) is 36.1 Å². The Hall–Kier alpha value is -0.570. The molecule has 1 saturated carbocycles. The van der Waals surface area contributed by atoms with E-state index in [0.29, 0.717) is 5.91 Å². The number of piperidine rings is 1. The molecule has 114 valence electrons. The van der Waals surface area contributed by atoms with Gasteiger partial charge in [-0.25, -0.2) is 0 Å². The molecule has 3 nitrogen and oxygen atoms in total. The zero-order chi connectivity index (χ0) is 13.8. The number of amides is 1. The van der Waals surface area contributed by atoms with Gasteiger partial charge in [-0.2, -0.15) is 0 Å². The highest BCUT2D eigenvalue weighted by Gasteiger charge is 2.37. The van der Waals surface area contributed by atoms with Gasteiger partial charge >= 0.3 is 0 Å². The summed E-state index contributed by atoms with van der Waals surface area (Å²) in [5, 5.41) is 0. The van der Waals surface area contributed by atoms with Crippen molar-refractivity contribution in [1.29, 1.82) is 0 Å². The van der Waals surface area contributed by atoms with E-state index in [1.54, 1.807) is 0 Å². The highest BCUT2D eigenvalue weighted by atomic mass is 16.5. The first kappa shape index (κ1) is 14.4. The maximum atomic E-state index is 12.3. The molecule has 0 bridgehead atoms. The highest BCUT2D eigenvalue weighted by Crippen LogP contribution is 2.35. The predicted octanol–water partition coefficient (Wildman–Crippen LogP) is 3.52. The molecule has 1 amide bonds. The van der Waals surface area contributed by atoms with Crippen molar-refractivity contribution in [2.75, 3.05) is 19.7 Å². The summed E-state index contributed by atoms with van der Waals surface area (Å²) in [6.45, 7) is 2.77. The molecular formula is C17H29NO2. The van der Waals surface area contributed by atoms with Crippen LogP contribution in [0.2, 0.25) is 0 Å². The second-order valence-electron chi connectivity index (χ2n) is 7.06. The van der Waals surface area contributed by atoms with Crippen molar-refractivity contribution < 1.29 is 9.53 Å². The third-order valence-corrected chi connectivity index (χ3v) is 5.70. The summed E-state index contributed by atoms with van der Waals surface area (Å²) in [7, 11) is 0. The van der Waals surface area contributed by atoms with Crippen LogP contribution in [0.5, 0.6) is 0 Å². The van der Waals surface area contributed by atoms with E-state index in [0.717, 1.165) is 51.3 Å². The van der Waals surface area contributed by atoms with Crippen LogP contribution in [-0.2, 0) is 9.53 Å². The minimum absolute atomic E-state index is 0.125. The Kier molecular flexibility index (Phi) is 4.65. The molecular weight excluding hydrogens is 250 g/mol. The number of likely N-dealkylation sites (tertiary alicyclic amines) is 1. The van der Waals surface area contributed by atoms with E-state index in [-0.39, 0.29) is 5.60 Å². The van der Waals surface area contributed by atoms with Crippen LogP contribution in [0.25, 0.3) is 0 Å². The molecule has 0 aromatic heterocycles. The first-order valence-electron chi connectivity index (χ1n) is 8.69. The minimum atomic E-state index is 0.125. The Bertz CT molecular complexity index is 320.